The number of nitrogens with zero attached hydrogens (tertiary/aromatic N) is 3. The molecule has 1 aromatic carbocycles. The van der Waals surface area contributed by atoms with Gasteiger partial charge in [-0.25, -0.2) is 12.7 Å². The van der Waals surface area contributed by atoms with E-state index in [1.807, 2.05) is 24.0 Å². The minimum absolute atomic E-state index is 0.0821. The molecule has 0 spiro atoms. The third-order valence-corrected chi connectivity index (χ3v) is 7.14. The standard InChI is InChI=1S/C19H25N3O4S/c1-13-3-5-14(6-4-13)18-16-11-21(12-17(16)26-20-18)19(23)15-7-9-22(10-8-15)27(2,24)25/h3-6,15-17H,7-12H2,1-2H3/t16-,17-/m1/s1. The number of hydrogen-bond acceptors (Lipinski definition) is 5. The van der Waals surface area contributed by atoms with E-state index < -0.39 is 10.0 Å². The highest BCUT2D eigenvalue weighted by Gasteiger charge is 2.45. The largest absolute Gasteiger partial charge is 0.390 e. The Kier molecular flexibility index (Phi) is 4.71. The van der Waals surface area contributed by atoms with Crippen LogP contribution >= 0.6 is 0 Å². The second-order valence-corrected chi connectivity index (χ2v) is 9.75. The highest BCUT2D eigenvalue weighted by molar-refractivity contribution is 7.88. The van der Waals surface area contributed by atoms with E-state index in [4.69, 9.17) is 4.84 Å². The Hall–Kier alpha value is -1.93. The maximum atomic E-state index is 12.9. The van der Waals surface area contributed by atoms with Gasteiger partial charge in [-0.3, -0.25) is 4.79 Å². The van der Waals surface area contributed by atoms with Gasteiger partial charge in [0.15, 0.2) is 6.10 Å². The summed E-state index contributed by atoms with van der Waals surface area (Å²) in [7, 11) is -3.17. The van der Waals surface area contributed by atoms with Gasteiger partial charge >= 0.3 is 0 Å². The van der Waals surface area contributed by atoms with Crippen LogP contribution in [0.1, 0.15) is 24.0 Å². The van der Waals surface area contributed by atoms with Crippen molar-refractivity contribution in [2.24, 2.45) is 17.0 Å². The molecule has 0 radical (unpaired) electrons. The van der Waals surface area contributed by atoms with Gasteiger partial charge in [-0.2, -0.15) is 0 Å². The van der Waals surface area contributed by atoms with E-state index >= 15 is 0 Å². The fourth-order valence-electron chi connectivity index (χ4n) is 4.20. The minimum atomic E-state index is -3.17. The number of fused-ring (bicyclic) bond motifs is 1. The van der Waals surface area contributed by atoms with Crippen LogP contribution in [0.3, 0.4) is 0 Å². The van der Waals surface area contributed by atoms with Gasteiger partial charge in [0.2, 0.25) is 15.9 Å². The molecule has 3 heterocycles. The van der Waals surface area contributed by atoms with Crippen LogP contribution in [0, 0.1) is 18.8 Å². The molecule has 0 aliphatic carbocycles. The maximum absolute atomic E-state index is 12.9. The zero-order valence-electron chi connectivity index (χ0n) is 15.7. The molecule has 0 N–H and O–H groups in total. The summed E-state index contributed by atoms with van der Waals surface area (Å²) in [4.78, 5) is 20.4. The summed E-state index contributed by atoms with van der Waals surface area (Å²) in [5.41, 5.74) is 3.16. The number of amides is 1. The lowest BCUT2D eigenvalue weighted by Gasteiger charge is -2.31. The SMILES string of the molecule is Cc1ccc(C2=NO[C@@H]3CN(C(=O)C4CCN(S(C)(=O)=O)CC4)C[C@@H]23)cc1. The zero-order valence-corrected chi connectivity index (χ0v) is 16.5. The molecular formula is C19H25N3O4S. The van der Waals surface area contributed by atoms with E-state index in [1.165, 1.54) is 16.1 Å². The molecule has 4 rings (SSSR count). The number of piperidine rings is 1. The normalized spacial score (nSPS) is 26.6. The molecule has 1 amide bonds. The molecule has 0 bridgehead atoms. The lowest BCUT2D eigenvalue weighted by molar-refractivity contribution is -0.136. The van der Waals surface area contributed by atoms with Crippen molar-refractivity contribution in [2.45, 2.75) is 25.9 Å². The number of sulfonamides is 1. The van der Waals surface area contributed by atoms with E-state index in [-0.39, 0.29) is 23.8 Å². The van der Waals surface area contributed by atoms with Gasteiger partial charge in [0.1, 0.15) is 0 Å². The first kappa shape index (κ1) is 18.4. The first-order valence-corrected chi connectivity index (χ1v) is 11.2. The summed E-state index contributed by atoms with van der Waals surface area (Å²) in [6.07, 6.45) is 2.30. The zero-order chi connectivity index (χ0) is 19.2. The summed E-state index contributed by atoms with van der Waals surface area (Å²) in [5.74, 6) is 0.110. The molecule has 0 unspecified atom stereocenters. The Morgan fingerprint density at radius 3 is 2.44 bits per heavy atom. The fraction of sp³-hybridized carbons (Fsp3) is 0.579. The molecular weight excluding hydrogens is 366 g/mol. The van der Waals surface area contributed by atoms with Crippen molar-refractivity contribution < 1.29 is 18.0 Å². The Morgan fingerprint density at radius 1 is 1.15 bits per heavy atom. The van der Waals surface area contributed by atoms with Gasteiger partial charge in [0.05, 0.1) is 24.4 Å². The molecule has 27 heavy (non-hydrogen) atoms. The minimum Gasteiger partial charge on any atom is -0.390 e. The maximum Gasteiger partial charge on any atom is 0.225 e. The van der Waals surface area contributed by atoms with Crippen molar-refractivity contribution >= 4 is 21.6 Å². The van der Waals surface area contributed by atoms with Crippen molar-refractivity contribution in [2.75, 3.05) is 32.4 Å². The average Bonchev–Trinajstić information content (AvgIpc) is 3.22. The van der Waals surface area contributed by atoms with Crippen LogP contribution < -0.4 is 0 Å². The molecule has 7 nitrogen and oxygen atoms in total. The highest BCUT2D eigenvalue weighted by Crippen LogP contribution is 2.32. The molecule has 2 atom stereocenters. The van der Waals surface area contributed by atoms with E-state index in [0.717, 1.165) is 11.3 Å². The summed E-state index contributed by atoms with van der Waals surface area (Å²) in [6, 6.07) is 8.20. The second-order valence-electron chi connectivity index (χ2n) is 7.77. The molecule has 3 aliphatic rings. The third kappa shape index (κ3) is 3.60. The van der Waals surface area contributed by atoms with E-state index in [1.54, 1.807) is 0 Å². The molecule has 1 aromatic rings. The van der Waals surface area contributed by atoms with E-state index in [0.29, 0.717) is 39.0 Å². The molecule has 146 valence electrons. The second kappa shape index (κ2) is 6.91. The number of rotatable bonds is 3. The number of likely N-dealkylation sites (tertiary alicyclic amines) is 1. The highest BCUT2D eigenvalue weighted by atomic mass is 32.2. The number of oxime groups is 1. The Bertz CT molecular complexity index is 857. The third-order valence-electron chi connectivity index (χ3n) is 5.84. The molecule has 2 fully saturated rings. The van der Waals surface area contributed by atoms with Crippen LogP contribution in [0.25, 0.3) is 0 Å². The van der Waals surface area contributed by atoms with Gasteiger partial charge < -0.3 is 9.74 Å². The lowest BCUT2D eigenvalue weighted by Crippen LogP contribution is -2.44. The molecule has 2 saturated heterocycles. The molecule has 0 aromatic heterocycles. The predicted molar refractivity (Wildman–Crippen MR) is 102 cm³/mol. The number of carbonyl (C=O) groups excluding carboxylic acids is 1. The quantitative estimate of drug-likeness (QED) is 0.776. The lowest BCUT2D eigenvalue weighted by atomic mass is 9.94. The summed E-state index contributed by atoms with van der Waals surface area (Å²) < 4.78 is 24.7. The summed E-state index contributed by atoms with van der Waals surface area (Å²) >= 11 is 0. The number of benzene rings is 1. The summed E-state index contributed by atoms with van der Waals surface area (Å²) in [5, 5.41) is 4.27. The van der Waals surface area contributed by atoms with Crippen molar-refractivity contribution in [1.82, 2.24) is 9.21 Å². The predicted octanol–water partition coefficient (Wildman–Crippen LogP) is 1.23. The fourth-order valence-corrected chi connectivity index (χ4v) is 5.07. The first-order chi connectivity index (χ1) is 12.8. The van der Waals surface area contributed by atoms with Gasteiger partial charge in [0, 0.05) is 25.6 Å². The average molecular weight is 391 g/mol. The Balaban J connectivity index is 1.39. The van der Waals surface area contributed by atoms with Crippen molar-refractivity contribution in [3.63, 3.8) is 0 Å². The number of carbonyl (C=O) groups is 1. The topological polar surface area (TPSA) is 79.3 Å². The monoisotopic (exact) mass is 391 g/mol. The van der Waals surface area contributed by atoms with Crippen LogP contribution in [0.15, 0.2) is 29.4 Å². The van der Waals surface area contributed by atoms with E-state index in [9.17, 15) is 13.2 Å². The van der Waals surface area contributed by atoms with Gasteiger partial charge in [-0.15, -0.1) is 0 Å². The summed E-state index contributed by atoms with van der Waals surface area (Å²) in [6.45, 7) is 4.05. The van der Waals surface area contributed by atoms with Crippen LogP contribution in [0.2, 0.25) is 0 Å². The van der Waals surface area contributed by atoms with E-state index in [2.05, 4.69) is 17.3 Å². The van der Waals surface area contributed by atoms with Crippen LogP contribution in [-0.2, 0) is 19.7 Å². The first-order valence-electron chi connectivity index (χ1n) is 9.37. The van der Waals surface area contributed by atoms with Gasteiger partial charge in [-0.05, 0) is 25.3 Å². The van der Waals surface area contributed by atoms with Gasteiger partial charge in [0.25, 0.3) is 0 Å². The van der Waals surface area contributed by atoms with Crippen molar-refractivity contribution in [1.29, 1.82) is 0 Å². The van der Waals surface area contributed by atoms with Crippen LogP contribution in [0.4, 0.5) is 0 Å². The van der Waals surface area contributed by atoms with Gasteiger partial charge in [-0.1, -0.05) is 35.0 Å². The van der Waals surface area contributed by atoms with Crippen LogP contribution in [0.5, 0.6) is 0 Å². The van der Waals surface area contributed by atoms with Crippen molar-refractivity contribution in [3.8, 4) is 0 Å². The van der Waals surface area contributed by atoms with Crippen molar-refractivity contribution in [3.05, 3.63) is 35.4 Å². The van der Waals surface area contributed by atoms with Crippen LogP contribution in [-0.4, -0.2) is 67.8 Å². The Morgan fingerprint density at radius 2 is 1.81 bits per heavy atom. The molecule has 3 aliphatic heterocycles. The smallest absolute Gasteiger partial charge is 0.225 e. The Labute approximate surface area is 160 Å². The number of aryl methyl sites for hydroxylation is 1. The molecule has 8 heteroatoms. The molecule has 0 saturated carbocycles. The number of hydrogen-bond donors (Lipinski definition) is 0.